The number of carbonyl (C=O) groups is 1. The van der Waals surface area contributed by atoms with Crippen molar-refractivity contribution in [3.05, 3.63) is 59.2 Å². The highest BCUT2D eigenvalue weighted by Crippen LogP contribution is 2.36. The molecule has 0 saturated heterocycles. The molecule has 0 radical (unpaired) electrons. The first-order valence-corrected chi connectivity index (χ1v) is 13.1. The third-order valence-corrected chi connectivity index (χ3v) is 9.82. The zero-order chi connectivity index (χ0) is 21.5. The summed E-state index contributed by atoms with van der Waals surface area (Å²) in [5.74, 6) is 0. The van der Waals surface area contributed by atoms with Gasteiger partial charge in [0.15, 0.2) is 8.32 Å². The molecule has 0 atom stereocenters. The van der Waals surface area contributed by atoms with Gasteiger partial charge in [-0.05, 0) is 48.8 Å². The molecule has 2 N–H and O–H groups in total. The predicted molar refractivity (Wildman–Crippen MR) is 119 cm³/mol. The molecule has 2 heterocycles. The molecule has 0 aliphatic carbocycles. The Labute approximate surface area is 175 Å². The molecule has 158 valence electrons. The maximum atomic E-state index is 12.1. The highest BCUT2D eigenvalue weighted by molar-refractivity contribution is 6.74. The van der Waals surface area contributed by atoms with Gasteiger partial charge in [-0.1, -0.05) is 39.8 Å². The van der Waals surface area contributed by atoms with Gasteiger partial charge < -0.3 is 15.1 Å². The predicted octanol–water partition coefficient (Wildman–Crippen LogP) is 4.56. The van der Waals surface area contributed by atoms with Gasteiger partial charge in [0.2, 0.25) is 0 Å². The van der Waals surface area contributed by atoms with Crippen LogP contribution in [0.25, 0.3) is 0 Å². The van der Waals surface area contributed by atoms with Crippen molar-refractivity contribution in [1.29, 1.82) is 0 Å². The van der Waals surface area contributed by atoms with E-state index >= 15 is 0 Å². The molecule has 0 fully saturated rings. The number of carbonyl (C=O) groups excluding carboxylic acids is 1. The molecule has 29 heavy (non-hydrogen) atoms. The Bertz CT molecular complexity index is 818. The zero-order valence-electron chi connectivity index (χ0n) is 18.5. The number of nitrogens with zero attached hydrogens (tertiary/aromatic N) is 2. The van der Waals surface area contributed by atoms with Crippen LogP contribution in [0.15, 0.2) is 36.4 Å². The third kappa shape index (κ3) is 7.25. The van der Waals surface area contributed by atoms with Crippen LogP contribution in [0.1, 0.15) is 50.5 Å². The van der Waals surface area contributed by atoms with Crippen molar-refractivity contribution in [2.24, 2.45) is 0 Å². The highest BCUT2D eigenvalue weighted by atomic mass is 28.4. The van der Waals surface area contributed by atoms with E-state index in [4.69, 9.17) is 4.43 Å². The van der Waals surface area contributed by atoms with Crippen molar-refractivity contribution >= 4 is 14.3 Å². The fourth-order valence-corrected chi connectivity index (χ4v) is 3.35. The molecule has 0 aliphatic heterocycles. The van der Waals surface area contributed by atoms with Gasteiger partial charge in [-0.25, -0.2) is 4.79 Å². The van der Waals surface area contributed by atoms with Crippen molar-refractivity contribution in [2.75, 3.05) is 0 Å². The molecule has 0 aliphatic rings. The van der Waals surface area contributed by atoms with Gasteiger partial charge in [-0.3, -0.25) is 9.97 Å². The number of aromatic nitrogens is 2. The van der Waals surface area contributed by atoms with Crippen LogP contribution in [0.3, 0.4) is 0 Å². The second kappa shape index (κ2) is 9.98. The molecule has 0 bridgehead atoms. The lowest BCUT2D eigenvalue weighted by Crippen LogP contribution is -2.40. The Morgan fingerprint density at radius 3 is 1.93 bits per heavy atom. The molecular weight excluding hydrogens is 380 g/mol. The van der Waals surface area contributed by atoms with Crippen molar-refractivity contribution in [3.8, 4) is 0 Å². The topological polar surface area (TPSA) is 76.1 Å². The molecule has 0 aromatic carbocycles. The normalized spacial score (nSPS) is 11.9. The lowest BCUT2D eigenvalue weighted by Gasteiger charge is -2.36. The SMILES string of the molecule is CCc1cccc(CNC(=O)NCc2cccc(CO[Si](C)(C)C(C)(C)C)n2)n1. The maximum absolute atomic E-state index is 12.1. The number of urea groups is 1. The summed E-state index contributed by atoms with van der Waals surface area (Å²) >= 11 is 0. The van der Waals surface area contributed by atoms with E-state index in [0.29, 0.717) is 19.7 Å². The van der Waals surface area contributed by atoms with Crippen molar-refractivity contribution in [2.45, 2.75) is 71.9 Å². The van der Waals surface area contributed by atoms with Gasteiger partial charge in [0.05, 0.1) is 36.8 Å². The molecule has 2 aromatic rings. The third-order valence-electron chi connectivity index (χ3n) is 5.34. The molecular formula is C22H34N4O2Si. The summed E-state index contributed by atoms with van der Waals surface area (Å²) < 4.78 is 6.24. The lowest BCUT2D eigenvalue weighted by atomic mass is 10.2. The van der Waals surface area contributed by atoms with Crippen LogP contribution in [-0.4, -0.2) is 24.3 Å². The second-order valence-electron chi connectivity index (χ2n) is 8.68. The molecule has 0 unspecified atom stereocenters. The Kier molecular flexibility index (Phi) is 7.93. The van der Waals surface area contributed by atoms with E-state index in [9.17, 15) is 4.79 Å². The van der Waals surface area contributed by atoms with Crippen LogP contribution < -0.4 is 10.6 Å². The Morgan fingerprint density at radius 2 is 1.41 bits per heavy atom. The van der Waals surface area contributed by atoms with Crippen molar-refractivity contribution < 1.29 is 9.22 Å². The molecule has 0 spiro atoms. The first-order valence-electron chi connectivity index (χ1n) is 10.2. The summed E-state index contributed by atoms with van der Waals surface area (Å²) in [6, 6.07) is 11.4. The standard InChI is InChI=1S/C22H34N4O2Si/c1-7-17-10-8-11-18(25-17)14-23-21(27)24-15-19-12-9-13-20(26-19)16-28-29(5,6)22(2,3)4/h8-13H,7,14-16H2,1-6H3,(H2,23,24,27). The molecule has 7 heteroatoms. The quantitative estimate of drug-likeness (QED) is 0.621. The van der Waals surface area contributed by atoms with Crippen molar-refractivity contribution in [1.82, 2.24) is 20.6 Å². The number of aryl methyl sites for hydroxylation is 1. The van der Waals surface area contributed by atoms with Crippen molar-refractivity contribution in [3.63, 3.8) is 0 Å². The van der Waals surface area contributed by atoms with E-state index in [-0.39, 0.29) is 11.1 Å². The average molecular weight is 415 g/mol. The minimum atomic E-state index is -1.82. The number of rotatable bonds is 8. The van der Waals surface area contributed by atoms with Gasteiger partial charge in [-0.2, -0.15) is 0 Å². The van der Waals surface area contributed by atoms with E-state index in [1.807, 2.05) is 36.4 Å². The first kappa shape index (κ1) is 23.0. The van der Waals surface area contributed by atoms with Crippen LogP contribution in [0.5, 0.6) is 0 Å². The van der Waals surface area contributed by atoms with E-state index in [1.165, 1.54) is 0 Å². The van der Waals surface area contributed by atoms with Gasteiger partial charge >= 0.3 is 6.03 Å². The summed E-state index contributed by atoms with van der Waals surface area (Å²) in [5, 5.41) is 5.85. The number of hydrogen-bond donors (Lipinski definition) is 2. The smallest absolute Gasteiger partial charge is 0.315 e. The molecule has 2 rings (SSSR count). The minimum Gasteiger partial charge on any atom is -0.411 e. The molecule has 2 amide bonds. The van der Waals surface area contributed by atoms with Gasteiger partial charge in [-0.15, -0.1) is 0 Å². The number of amides is 2. The monoisotopic (exact) mass is 414 g/mol. The lowest BCUT2D eigenvalue weighted by molar-refractivity contribution is 0.240. The Morgan fingerprint density at radius 1 is 0.931 bits per heavy atom. The van der Waals surface area contributed by atoms with Crippen LogP contribution in [0.2, 0.25) is 18.1 Å². The van der Waals surface area contributed by atoms with Crippen LogP contribution >= 0.6 is 0 Å². The maximum Gasteiger partial charge on any atom is 0.315 e. The van der Waals surface area contributed by atoms with Gasteiger partial charge in [0.25, 0.3) is 0 Å². The molecule has 2 aromatic heterocycles. The fourth-order valence-electron chi connectivity index (χ4n) is 2.41. The summed E-state index contributed by atoms with van der Waals surface area (Å²) in [6.45, 7) is 14.4. The van der Waals surface area contributed by atoms with Crippen LogP contribution in [-0.2, 0) is 30.5 Å². The fraction of sp³-hybridized carbons (Fsp3) is 0.500. The van der Waals surface area contributed by atoms with E-state index in [2.05, 4.69) is 61.4 Å². The molecule has 6 nitrogen and oxygen atoms in total. The second-order valence-corrected chi connectivity index (χ2v) is 13.5. The summed E-state index contributed by atoms with van der Waals surface area (Å²) in [5.41, 5.74) is 3.56. The van der Waals surface area contributed by atoms with Crippen LogP contribution in [0.4, 0.5) is 4.79 Å². The number of nitrogens with one attached hydrogen (secondary N) is 2. The van der Waals surface area contributed by atoms with Gasteiger partial charge in [0.1, 0.15) is 0 Å². The van der Waals surface area contributed by atoms with E-state index < -0.39 is 8.32 Å². The molecule has 0 saturated carbocycles. The van der Waals surface area contributed by atoms with E-state index in [1.54, 1.807) is 0 Å². The average Bonchev–Trinajstić information content (AvgIpc) is 2.69. The Balaban J connectivity index is 1.83. The summed E-state index contributed by atoms with van der Waals surface area (Å²) in [4.78, 5) is 21.2. The minimum absolute atomic E-state index is 0.162. The highest BCUT2D eigenvalue weighted by Gasteiger charge is 2.37. The summed E-state index contributed by atoms with van der Waals surface area (Å²) in [7, 11) is -1.82. The van der Waals surface area contributed by atoms with Gasteiger partial charge in [0, 0.05) is 5.69 Å². The first-order chi connectivity index (χ1) is 13.6. The largest absolute Gasteiger partial charge is 0.411 e. The summed E-state index contributed by atoms with van der Waals surface area (Å²) in [6.07, 6.45) is 0.876. The van der Waals surface area contributed by atoms with Crippen LogP contribution in [0, 0.1) is 0 Å². The number of pyridine rings is 2. The number of hydrogen-bond acceptors (Lipinski definition) is 4. The zero-order valence-corrected chi connectivity index (χ0v) is 19.5. The van der Waals surface area contributed by atoms with E-state index in [0.717, 1.165) is 29.2 Å². The Hall–Kier alpha value is -2.25.